The van der Waals surface area contributed by atoms with Crippen molar-refractivity contribution in [3.05, 3.63) is 34.7 Å². The molecule has 1 aliphatic rings. The highest BCUT2D eigenvalue weighted by Gasteiger charge is 2.21. The Kier molecular flexibility index (Phi) is 3.09. The first-order valence-electron chi connectivity index (χ1n) is 6.04. The second-order valence-electron chi connectivity index (χ2n) is 4.52. The fourth-order valence-electron chi connectivity index (χ4n) is 1.76. The first-order valence-corrected chi connectivity index (χ1v) is 6.86. The van der Waals surface area contributed by atoms with Crippen molar-refractivity contribution in [2.24, 2.45) is 0 Å². The second-order valence-corrected chi connectivity index (χ2v) is 5.60. The topological polar surface area (TPSA) is 37.8 Å². The minimum atomic E-state index is -0.312. The van der Waals surface area contributed by atoms with E-state index in [-0.39, 0.29) is 5.82 Å². The zero-order valence-corrected chi connectivity index (χ0v) is 10.9. The molecule has 0 aromatic carbocycles. The van der Waals surface area contributed by atoms with Crippen molar-refractivity contribution < 1.29 is 4.39 Å². The molecule has 18 heavy (non-hydrogen) atoms. The van der Waals surface area contributed by atoms with E-state index in [1.165, 1.54) is 35.1 Å². The lowest BCUT2D eigenvalue weighted by Crippen LogP contribution is -2.14. The fourth-order valence-corrected chi connectivity index (χ4v) is 2.77. The monoisotopic (exact) mass is 263 g/mol. The van der Waals surface area contributed by atoms with Gasteiger partial charge in [-0.05, 0) is 31.9 Å². The third-order valence-electron chi connectivity index (χ3n) is 2.98. The fraction of sp³-hybridized carbons (Fsp3) is 0.385. The first kappa shape index (κ1) is 11.7. The van der Waals surface area contributed by atoms with Crippen molar-refractivity contribution in [3.63, 3.8) is 0 Å². The number of rotatable bonds is 4. The van der Waals surface area contributed by atoms with Crippen molar-refractivity contribution in [2.75, 3.05) is 0 Å². The van der Waals surface area contributed by atoms with Crippen LogP contribution < -0.4 is 5.32 Å². The number of hydrogen-bond donors (Lipinski definition) is 1. The van der Waals surface area contributed by atoms with Crippen LogP contribution in [0.2, 0.25) is 0 Å². The zero-order valence-electron chi connectivity index (χ0n) is 10.1. The summed E-state index contributed by atoms with van der Waals surface area (Å²) < 4.78 is 13.6. The Bertz CT molecular complexity index is 563. The van der Waals surface area contributed by atoms with Gasteiger partial charge in [-0.15, -0.1) is 11.3 Å². The van der Waals surface area contributed by atoms with E-state index in [1.54, 1.807) is 12.3 Å². The minimum Gasteiger partial charge on any atom is -0.309 e. The zero-order chi connectivity index (χ0) is 12.5. The molecule has 3 nitrogen and oxygen atoms in total. The molecule has 0 spiro atoms. The van der Waals surface area contributed by atoms with E-state index in [2.05, 4.69) is 15.3 Å². The van der Waals surface area contributed by atoms with E-state index < -0.39 is 0 Å². The number of nitrogens with one attached hydrogen (secondary N) is 1. The van der Waals surface area contributed by atoms with Gasteiger partial charge in [0.1, 0.15) is 10.7 Å². The number of aromatic nitrogens is 2. The molecule has 0 bridgehead atoms. The Morgan fingerprint density at radius 1 is 1.50 bits per heavy atom. The van der Waals surface area contributed by atoms with Crippen LogP contribution in [0.3, 0.4) is 0 Å². The minimum absolute atomic E-state index is 0.312. The summed E-state index contributed by atoms with van der Waals surface area (Å²) in [5, 5.41) is 4.11. The summed E-state index contributed by atoms with van der Waals surface area (Å²) in [4.78, 5) is 9.65. The molecule has 0 unspecified atom stereocenters. The maximum absolute atomic E-state index is 13.6. The van der Waals surface area contributed by atoms with E-state index in [0.717, 1.165) is 12.2 Å². The van der Waals surface area contributed by atoms with E-state index in [1.807, 2.05) is 6.92 Å². The molecular weight excluding hydrogens is 249 g/mol. The number of thiazole rings is 1. The molecule has 2 aromatic heterocycles. The van der Waals surface area contributed by atoms with Gasteiger partial charge in [0.2, 0.25) is 0 Å². The van der Waals surface area contributed by atoms with Gasteiger partial charge in [-0.1, -0.05) is 0 Å². The van der Waals surface area contributed by atoms with Crippen molar-refractivity contribution >= 4 is 11.3 Å². The van der Waals surface area contributed by atoms with Gasteiger partial charge in [0.15, 0.2) is 5.82 Å². The summed E-state index contributed by atoms with van der Waals surface area (Å²) in [6.07, 6.45) is 4.12. The van der Waals surface area contributed by atoms with Gasteiger partial charge in [0.25, 0.3) is 0 Å². The van der Waals surface area contributed by atoms with Gasteiger partial charge >= 0.3 is 0 Å². The lowest BCUT2D eigenvalue weighted by Gasteiger charge is -1.99. The Morgan fingerprint density at radius 2 is 2.33 bits per heavy atom. The highest BCUT2D eigenvalue weighted by Crippen LogP contribution is 2.29. The number of nitrogens with zero attached hydrogens (tertiary/aromatic N) is 2. The van der Waals surface area contributed by atoms with Crippen LogP contribution in [0.25, 0.3) is 10.7 Å². The SMILES string of the molecule is Cc1nc(-c2ncccc2F)sc1CNC1CC1. The van der Waals surface area contributed by atoms with Gasteiger partial charge in [-0.2, -0.15) is 0 Å². The Balaban J connectivity index is 1.84. The Morgan fingerprint density at radius 3 is 3.06 bits per heavy atom. The van der Waals surface area contributed by atoms with Crippen molar-refractivity contribution in [1.29, 1.82) is 0 Å². The molecule has 94 valence electrons. The Hall–Kier alpha value is -1.33. The summed E-state index contributed by atoms with van der Waals surface area (Å²) in [5.74, 6) is -0.312. The first-order chi connectivity index (χ1) is 8.74. The van der Waals surface area contributed by atoms with E-state index in [4.69, 9.17) is 0 Å². The van der Waals surface area contributed by atoms with E-state index in [0.29, 0.717) is 16.7 Å². The predicted octanol–water partition coefficient (Wildman–Crippen LogP) is 2.90. The summed E-state index contributed by atoms with van der Waals surface area (Å²) in [5.41, 5.74) is 1.32. The molecule has 0 amide bonds. The summed E-state index contributed by atoms with van der Waals surface area (Å²) >= 11 is 1.52. The number of halogens is 1. The highest BCUT2D eigenvalue weighted by molar-refractivity contribution is 7.15. The molecule has 0 radical (unpaired) electrons. The van der Waals surface area contributed by atoms with Gasteiger partial charge < -0.3 is 5.32 Å². The summed E-state index contributed by atoms with van der Waals surface area (Å²) in [6, 6.07) is 3.68. The van der Waals surface area contributed by atoms with E-state index in [9.17, 15) is 4.39 Å². The molecule has 2 aromatic rings. The number of pyridine rings is 1. The molecule has 5 heteroatoms. The molecule has 1 aliphatic carbocycles. The van der Waals surface area contributed by atoms with Gasteiger partial charge in [0.05, 0.1) is 5.69 Å². The van der Waals surface area contributed by atoms with Gasteiger partial charge in [-0.3, -0.25) is 4.98 Å². The molecule has 1 fully saturated rings. The molecule has 3 rings (SSSR count). The predicted molar refractivity (Wildman–Crippen MR) is 69.9 cm³/mol. The van der Waals surface area contributed by atoms with Crippen LogP contribution in [0, 0.1) is 12.7 Å². The maximum atomic E-state index is 13.6. The Labute approximate surface area is 109 Å². The molecular formula is C13H14FN3S. The summed E-state index contributed by atoms with van der Waals surface area (Å²) in [6.45, 7) is 2.79. The lowest BCUT2D eigenvalue weighted by atomic mass is 10.3. The van der Waals surface area contributed by atoms with Gasteiger partial charge in [0, 0.05) is 23.7 Å². The van der Waals surface area contributed by atoms with Crippen molar-refractivity contribution in [2.45, 2.75) is 32.4 Å². The van der Waals surface area contributed by atoms with E-state index >= 15 is 0 Å². The molecule has 0 atom stereocenters. The molecule has 1 saturated carbocycles. The van der Waals surface area contributed by atoms with Crippen LogP contribution in [-0.2, 0) is 6.54 Å². The van der Waals surface area contributed by atoms with Crippen LogP contribution in [0.1, 0.15) is 23.4 Å². The summed E-state index contributed by atoms with van der Waals surface area (Å²) in [7, 11) is 0. The van der Waals surface area contributed by atoms with Crippen molar-refractivity contribution in [3.8, 4) is 10.7 Å². The van der Waals surface area contributed by atoms with Crippen LogP contribution in [-0.4, -0.2) is 16.0 Å². The molecule has 1 N–H and O–H groups in total. The standard InChI is InChI=1S/C13H14FN3S/c1-8-11(7-16-9-4-5-9)18-13(17-8)12-10(14)3-2-6-15-12/h2-3,6,9,16H,4-5,7H2,1H3. The maximum Gasteiger partial charge on any atom is 0.151 e. The van der Waals surface area contributed by atoms with Crippen LogP contribution in [0.4, 0.5) is 4.39 Å². The average molecular weight is 263 g/mol. The highest BCUT2D eigenvalue weighted by atomic mass is 32.1. The molecule has 2 heterocycles. The van der Waals surface area contributed by atoms with Crippen molar-refractivity contribution in [1.82, 2.24) is 15.3 Å². The van der Waals surface area contributed by atoms with Gasteiger partial charge in [-0.25, -0.2) is 9.37 Å². The third kappa shape index (κ3) is 2.42. The quantitative estimate of drug-likeness (QED) is 0.921. The third-order valence-corrected chi connectivity index (χ3v) is 4.15. The normalized spacial score (nSPS) is 15.0. The van der Waals surface area contributed by atoms with Crippen LogP contribution >= 0.6 is 11.3 Å². The lowest BCUT2D eigenvalue weighted by molar-refractivity contribution is 0.625. The van der Waals surface area contributed by atoms with Crippen LogP contribution in [0.5, 0.6) is 0 Å². The number of hydrogen-bond acceptors (Lipinski definition) is 4. The van der Waals surface area contributed by atoms with Crippen LogP contribution in [0.15, 0.2) is 18.3 Å². The smallest absolute Gasteiger partial charge is 0.151 e. The molecule has 0 aliphatic heterocycles. The second kappa shape index (κ2) is 4.74. The number of aryl methyl sites for hydroxylation is 1. The largest absolute Gasteiger partial charge is 0.309 e. The molecule has 0 saturated heterocycles. The average Bonchev–Trinajstić information content (AvgIpc) is 3.11.